The molecule has 2 aliphatic rings. The van der Waals surface area contributed by atoms with E-state index in [2.05, 4.69) is 0 Å². The second kappa shape index (κ2) is 5.45. The Morgan fingerprint density at radius 3 is 2.59 bits per heavy atom. The fraction of sp³-hybridized carbons (Fsp3) is 0.500. The largest absolute Gasteiger partial charge is 0.349 e. The van der Waals surface area contributed by atoms with Crippen molar-refractivity contribution in [3.8, 4) is 0 Å². The summed E-state index contributed by atoms with van der Waals surface area (Å²) in [5, 5.41) is 0. The van der Waals surface area contributed by atoms with Crippen LogP contribution in [0.15, 0.2) is 41.3 Å². The Kier molecular flexibility index (Phi) is 3.89. The molecular formula is C16H21NO4S. The van der Waals surface area contributed by atoms with E-state index in [0.717, 1.165) is 5.56 Å². The molecule has 2 aliphatic heterocycles. The molecule has 0 N–H and O–H groups in total. The lowest BCUT2D eigenvalue weighted by Gasteiger charge is -2.45. The maximum atomic E-state index is 12.9. The van der Waals surface area contributed by atoms with Crippen molar-refractivity contribution >= 4 is 10.0 Å². The Hall–Kier alpha value is -1.21. The third-order valence-electron chi connectivity index (χ3n) is 4.01. The molecule has 0 saturated carbocycles. The first-order valence-corrected chi connectivity index (χ1v) is 8.81. The Morgan fingerprint density at radius 2 is 1.91 bits per heavy atom. The SMILES string of the molecule is Cc1ccc(S(=O)(=O)N2CC=C[C@@H]3OC(C)(C)OC[C@@H]32)cc1. The summed E-state index contributed by atoms with van der Waals surface area (Å²) in [7, 11) is -3.56. The van der Waals surface area contributed by atoms with E-state index in [0.29, 0.717) is 18.0 Å². The van der Waals surface area contributed by atoms with Gasteiger partial charge in [-0.1, -0.05) is 29.8 Å². The average molecular weight is 323 g/mol. The van der Waals surface area contributed by atoms with Gasteiger partial charge in [0.25, 0.3) is 0 Å². The van der Waals surface area contributed by atoms with E-state index >= 15 is 0 Å². The lowest BCUT2D eigenvalue weighted by molar-refractivity contribution is -0.279. The van der Waals surface area contributed by atoms with Gasteiger partial charge in [0.2, 0.25) is 10.0 Å². The highest BCUT2D eigenvalue weighted by atomic mass is 32.2. The lowest BCUT2D eigenvalue weighted by Crippen LogP contribution is -2.58. The molecule has 0 amide bonds. The minimum absolute atomic E-state index is 0.280. The molecule has 1 fully saturated rings. The maximum Gasteiger partial charge on any atom is 0.243 e. The predicted octanol–water partition coefficient (Wildman–Crippen LogP) is 2.08. The molecular weight excluding hydrogens is 302 g/mol. The van der Waals surface area contributed by atoms with E-state index in [-0.39, 0.29) is 12.1 Å². The molecule has 120 valence electrons. The smallest absolute Gasteiger partial charge is 0.243 e. The van der Waals surface area contributed by atoms with Crippen LogP contribution >= 0.6 is 0 Å². The topological polar surface area (TPSA) is 55.8 Å². The molecule has 1 saturated heterocycles. The zero-order chi connectivity index (χ0) is 16.0. The molecule has 0 aliphatic carbocycles. The number of aryl methyl sites for hydroxylation is 1. The quantitative estimate of drug-likeness (QED) is 0.782. The first-order valence-electron chi connectivity index (χ1n) is 7.36. The fourth-order valence-electron chi connectivity index (χ4n) is 2.79. The summed E-state index contributed by atoms with van der Waals surface area (Å²) in [5.41, 5.74) is 1.03. The van der Waals surface area contributed by atoms with Crippen molar-refractivity contribution in [1.82, 2.24) is 4.31 Å². The summed E-state index contributed by atoms with van der Waals surface area (Å²) in [4.78, 5) is 0.303. The summed E-state index contributed by atoms with van der Waals surface area (Å²) in [6.07, 6.45) is 3.49. The Bertz CT molecular complexity index is 679. The third kappa shape index (κ3) is 2.84. The summed E-state index contributed by atoms with van der Waals surface area (Å²) >= 11 is 0. The molecule has 2 heterocycles. The van der Waals surface area contributed by atoms with Crippen molar-refractivity contribution in [2.24, 2.45) is 0 Å². The fourth-order valence-corrected chi connectivity index (χ4v) is 4.36. The lowest BCUT2D eigenvalue weighted by atomic mass is 10.1. The number of hydrogen-bond acceptors (Lipinski definition) is 4. The van der Waals surface area contributed by atoms with Crippen LogP contribution in [0, 0.1) is 6.92 Å². The Balaban J connectivity index is 1.91. The first-order chi connectivity index (χ1) is 10.3. The van der Waals surface area contributed by atoms with Crippen molar-refractivity contribution in [2.75, 3.05) is 13.2 Å². The number of hydrogen-bond donors (Lipinski definition) is 0. The summed E-state index contributed by atoms with van der Waals surface area (Å²) < 4.78 is 38.8. The average Bonchev–Trinajstić information content (AvgIpc) is 2.45. The van der Waals surface area contributed by atoms with Crippen LogP contribution in [-0.2, 0) is 19.5 Å². The highest BCUT2D eigenvalue weighted by Crippen LogP contribution is 2.31. The van der Waals surface area contributed by atoms with Crippen molar-refractivity contribution < 1.29 is 17.9 Å². The number of benzene rings is 1. The number of rotatable bonds is 2. The zero-order valence-electron chi connectivity index (χ0n) is 13.0. The molecule has 6 heteroatoms. The predicted molar refractivity (Wildman–Crippen MR) is 82.9 cm³/mol. The third-order valence-corrected chi connectivity index (χ3v) is 5.91. The van der Waals surface area contributed by atoms with Gasteiger partial charge in [0.1, 0.15) is 0 Å². The van der Waals surface area contributed by atoms with Crippen LogP contribution < -0.4 is 0 Å². The Labute approximate surface area is 131 Å². The molecule has 0 unspecified atom stereocenters. The highest BCUT2D eigenvalue weighted by molar-refractivity contribution is 7.89. The molecule has 0 spiro atoms. The van der Waals surface area contributed by atoms with Gasteiger partial charge in [-0.15, -0.1) is 0 Å². The number of sulfonamides is 1. The van der Waals surface area contributed by atoms with E-state index < -0.39 is 15.8 Å². The van der Waals surface area contributed by atoms with Gasteiger partial charge in [-0.2, -0.15) is 4.31 Å². The van der Waals surface area contributed by atoms with Gasteiger partial charge in [0.15, 0.2) is 5.79 Å². The molecule has 0 radical (unpaired) electrons. The van der Waals surface area contributed by atoms with E-state index in [9.17, 15) is 8.42 Å². The number of nitrogens with zero attached hydrogens (tertiary/aromatic N) is 1. The molecule has 0 bridgehead atoms. The van der Waals surface area contributed by atoms with Gasteiger partial charge < -0.3 is 9.47 Å². The molecule has 5 nitrogen and oxygen atoms in total. The second-order valence-corrected chi connectivity index (χ2v) is 8.07. The van der Waals surface area contributed by atoms with Crippen LogP contribution in [0.25, 0.3) is 0 Å². The van der Waals surface area contributed by atoms with Gasteiger partial charge >= 0.3 is 0 Å². The van der Waals surface area contributed by atoms with Gasteiger partial charge in [0, 0.05) is 6.54 Å². The highest BCUT2D eigenvalue weighted by Gasteiger charge is 2.43. The minimum Gasteiger partial charge on any atom is -0.349 e. The second-order valence-electron chi connectivity index (χ2n) is 6.18. The van der Waals surface area contributed by atoms with Gasteiger partial charge in [-0.25, -0.2) is 8.42 Å². The molecule has 22 heavy (non-hydrogen) atoms. The maximum absolute atomic E-state index is 12.9. The van der Waals surface area contributed by atoms with Crippen molar-refractivity contribution in [2.45, 2.75) is 43.6 Å². The molecule has 3 rings (SSSR count). The minimum atomic E-state index is -3.56. The van der Waals surface area contributed by atoms with E-state index in [1.165, 1.54) is 4.31 Å². The van der Waals surface area contributed by atoms with Gasteiger partial charge in [-0.3, -0.25) is 0 Å². The number of ether oxygens (including phenoxy) is 2. The van der Waals surface area contributed by atoms with Crippen LogP contribution in [-0.4, -0.2) is 43.8 Å². The van der Waals surface area contributed by atoms with E-state index in [4.69, 9.17) is 9.47 Å². The monoisotopic (exact) mass is 323 g/mol. The number of fused-ring (bicyclic) bond motifs is 1. The van der Waals surface area contributed by atoms with Crippen LogP contribution in [0.3, 0.4) is 0 Å². The standard InChI is InChI=1S/C16H21NO4S/c1-12-6-8-13(9-7-12)22(18,19)17-10-4-5-15-14(17)11-20-16(2,3)21-15/h4-9,14-15H,10-11H2,1-3H3/t14-,15-/m0/s1. The first kappa shape index (κ1) is 15.7. The van der Waals surface area contributed by atoms with Gasteiger partial charge in [-0.05, 0) is 32.9 Å². The molecule has 1 aromatic rings. The van der Waals surface area contributed by atoms with E-state index in [1.54, 1.807) is 24.3 Å². The molecule has 2 atom stereocenters. The van der Waals surface area contributed by atoms with Crippen molar-refractivity contribution in [1.29, 1.82) is 0 Å². The van der Waals surface area contributed by atoms with Crippen molar-refractivity contribution in [3.63, 3.8) is 0 Å². The molecule has 0 aromatic heterocycles. The normalized spacial score (nSPS) is 28.3. The van der Waals surface area contributed by atoms with Crippen LogP contribution in [0.1, 0.15) is 19.4 Å². The summed E-state index contributed by atoms with van der Waals surface area (Å²) in [6.45, 7) is 6.27. The summed E-state index contributed by atoms with van der Waals surface area (Å²) in [5.74, 6) is -0.692. The Morgan fingerprint density at radius 1 is 1.23 bits per heavy atom. The molecule has 1 aromatic carbocycles. The van der Waals surface area contributed by atoms with Crippen LogP contribution in [0.4, 0.5) is 0 Å². The van der Waals surface area contributed by atoms with Crippen LogP contribution in [0.5, 0.6) is 0 Å². The van der Waals surface area contributed by atoms with Crippen LogP contribution in [0.2, 0.25) is 0 Å². The van der Waals surface area contributed by atoms with E-state index in [1.807, 2.05) is 32.9 Å². The van der Waals surface area contributed by atoms with Gasteiger partial charge in [0.05, 0.1) is 23.6 Å². The zero-order valence-corrected chi connectivity index (χ0v) is 13.8. The van der Waals surface area contributed by atoms with Crippen molar-refractivity contribution in [3.05, 3.63) is 42.0 Å². The summed E-state index contributed by atoms with van der Waals surface area (Å²) in [6, 6.07) is 6.57.